The molecule has 0 amide bonds. The molecular weight excluding hydrogens is 240 g/mol. The van der Waals surface area contributed by atoms with Crippen molar-refractivity contribution in [1.82, 2.24) is 9.55 Å². The van der Waals surface area contributed by atoms with E-state index in [9.17, 15) is 4.79 Å². The monoisotopic (exact) mass is 258 g/mol. The first-order chi connectivity index (χ1) is 9.11. The average Bonchev–Trinajstić information content (AvgIpc) is 2.82. The van der Waals surface area contributed by atoms with Crippen molar-refractivity contribution in [2.75, 3.05) is 7.11 Å². The first kappa shape index (κ1) is 13.3. The molecule has 4 heteroatoms. The molecule has 0 fully saturated rings. The van der Waals surface area contributed by atoms with Crippen LogP contribution in [0.15, 0.2) is 30.6 Å². The van der Waals surface area contributed by atoms with Gasteiger partial charge in [-0.25, -0.2) is 4.98 Å². The fourth-order valence-corrected chi connectivity index (χ4v) is 2.00. The lowest BCUT2D eigenvalue weighted by Crippen LogP contribution is -2.05. The van der Waals surface area contributed by atoms with Crippen molar-refractivity contribution >= 4 is 5.78 Å². The van der Waals surface area contributed by atoms with E-state index in [2.05, 4.69) is 4.98 Å². The van der Waals surface area contributed by atoms with Gasteiger partial charge in [0.05, 0.1) is 7.11 Å². The molecule has 1 aromatic carbocycles. The Morgan fingerprint density at radius 2 is 2.21 bits per heavy atom. The molecule has 0 bridgehead atoms. The maximum Gasteiger partial charge on any atom is 0.163 e. The van der Waals surface area contributed by atoms with Gasteiger partial charge >= 0.3 is 0 Å². The van der Waals surface area contributed by atoms with Crippen LogP contribution in [-0.4, -0.2) is 22.4 Å². The highest BCUT2D eigenvalue weighted by atomic mass is 16.5. The molecule has 0 unspecified atom stereocenters. The Labute approximate surface area is 113 Å². The van der Waals surface area contributed by atoms with Gasteiger partial charge in [-0.05, 0) is 18.6 Å². The van der Waals surface area contributed by atoms with Gasteiger partial charge in [-0.2, -0.15) is 0 Å². The number of imidazole rings is 1. The summed E-state index contributed by atoms with van der Waals surface area (Å²) in [4.78, 5) is 16.4. The number of ketones is 1. The van der Waals surface area contributed by atoms with Gasteiger partial charge in [0.15, 0.2) is 5.78 Å². The summed E-state index contributed by atoms with van der Waals surface area (Å²) in [5.41, 5.74) is 1.72. The van der Waals surface area contributed by atoms with Crippen molar-refractivity contribution in [2.24, 2.45) is 7.05 Å². The van der Waals surface area contributed by atoms with E-state index >= 15 is 0 Å². The molecule has 2 aromatic rings. The van der Waals surface area contributed by atoms with Crippen LogP contribution in [0.1, 0.15) is 28.2 Å². The van der Waals surface area contributed by atoms with Crippen LogP contribution in [0.5, 0.6) is 5.75 Å². The van der Waals surface area contributed by atoms with Crippen molar-refractivity contribution in [2.45, 2.75) is 19.8 Å². The highest BCUT2D eigenvalue weighted by Crippen LogP contribution is 2.20. The van der Waals surface area contributed by atoms with Crippen LogP contribution in [0, 0.1) is 6.92 Å². The van der Waals surface area contributed by atoms with Gasteiger partial charge in [-0.3, -0.25) is 4.79 Å². The van der Waals surface area contributed by atoms with Gasteiger partial charge in [-0.1, -0.05) is 12.1 Å². The molecule has 0 saturated carbocycles. The summed E-state index contributed by atoms with van der Waals surface area (Å²) in [7, 11) is 3.55. The Hall–Kier alpha value is -2.10. The van der Waals surface area contributed by atoms with Gasteiger partial charge in [0, 0.05) is 37.8 Å². The Balaban J connectivity index is 2.06. The van der Waals surface area contributed by atoms with E-state index in [-0.39, 0.29) is 5.78 Å². The van der Waals surface area contributed by atoms with Gasteiger partial charge in [-0.15, -0.1) is 0 Å². The smallest absolute Gasteiger partial charge is 0.163 e. The summed E-state index contributed by atoms with van der Waals surface area (Å²) < 4.78 is 7.17. The summed E-state index contributed by atoms with van der Waals surface area (Å²) in [6.07, 6.45) is 4.74. The Morgan fingerprint density at radius 3 is 2.84 bits per heavy atom. The van der Waals surface area contributed by atoms with Crippen LogP contribution in [0.4, 0.5) is 0 Å². The zero-order valence-electron chi connectivity index (χ0n) is 11.5. The average molecular weight is 258 g/mol. The number of benzene rings is 1. The van der Waals surface area contributed by atoms with Crippen molar-refractivity contribution in [1.29, 1.82) is 0 Å². The quantitative estimate of drug-likeness (QED) is 0.774. The highest BCUT2D eigenvalue weighted by molar-refractivity contribution is 5.96. The zero-order valence-corrected chi connectivity index (χ0v) is 11.5. The lowest BCUT2D eigenvalue weighted by atomic mass is 10.0. The predicted octanol–water partition coefficient (Wildman–Crippen LogP) is 2.55. The third-order valence-corrected chi connectivity index (χ3v) is 3.23. The van der Waals surface area contributed by atoms with Gasteiger partial charge < -0.3 is 9.30 Å². The van der Waals surface area contributed by atoms with Crippen molar-refractivity contribution in [3.8, 4) is 5.75 Å². The molecule has 1 heterocycles. The Bertz CT molecular complexity index is 588. The second-order valence-corrected chi connectivity index (χ2v) is 4.56. The van der Waals surface area contributed by atoms with E-state index in [1.807, 2.05) is 36.9 Å². The molecule has 0 atom stereocenters. The predicted molar refractivity (Wildman–Crippen MR) is 73.6 cm³/mol. The number of hydrogen-bond donors (Lipinski definition) is 0. The number of methoxy groups -OCH3 is 1. The van der Waals surface area contributed by atoms with E-state index in [1.54, 1.807) is 19.4 Å². The van der Waals surface area contributed by atoms with E-state index in [0.717, 1.165) is 17.1 Å². The first-order valence-corrected chi connectivity index (χ1v) is 6.26. The van der Waals surface area contributed by atoms with Crippen molar-refractivity contribution in [3.05, 3.63) is 47.5 Å². The third-order valence-electron chi connectivity index (χ3n) is 3.23. The highest BCUT2D eigenvalue weighted by Gasteiger charge is 2.10. The van der Waals surface area contributed by atoms with Crippen LogP contribution >= 0.6 is 0 Å². The third kappa shape index (κ3) is 3.02. The number of nitrogens with zero attached hydrogens (tertiary/aromatic N) is 2. The minimum atomic E-state index is 0.112. The number of carbonyl (C=O) groups excluding carboxylic acids is 1. The van der Waals surface area contributed by atoms with E-state index in [1.165, 1.54) is 0 Å². The summed E-state index contributed by atoms with van der Waals surface area (Å²) >= 11 is 0. The zero-order chi connectivity index (χ0) is 13.8. The number of hydrogen-bond acceptors (Lipinski definition) is 3. The molecule has 0 spiro atoms. The normalized spacial score (nSPS) is 10.5. The topological polar surface area (TPSA) is 44.1 Å². The number of aromatic nitrogens is 2. The number of Topliss-reactive ketones (excluding diaryl/α,β-unsaturated/α-hetero) is 1. The molecule has 0 aliphatic rings. The molecule has 1 aromatic heterocycles. The fraction of sp³-hybridized carbons (Fsp3) is 0.333. The fourth-order valence-electron chi connectivity index (χ4n) is 2.00. The molecule has 0 radical (unpaired) electrons. The molecule has 100 valence electrons. The van der Waals surface area contributed by atoms with Crippen LogP contribution in [-0.2, 0) is 13.5 Å². The number of ether oxygens (including phenoxy) is 1. The first-order valence-electron chi connectivity index (χ1n) is 6.26. The molecule has 0 N–H and O–H groups in total. The molecule has 19 heavy (non-hydrogen) atoms. The lowest BCUT2D eigenvalue weighted by Gasteiger charge is -2.07. The SMILES string of the molecule is COc1cc(C(=O)CCc2nccn2C)ccc1C. The summed E-state index contributed by atoms with van der Waals surface area (Å²) in [6, 6.07) is 5.56. The van der Waals surface area contributed by atoms with Gasteiger partial charge in [0.2, 0.25) is 0 Å². The number of rotatable bonds is 5. The van der Waals surface area contributed by atoms with E-state index < -0.39 is 0 Å². The maximum atomic E-state index is 12.1. The van der Waals surface area contributed by atoms with Crippen LogP contribution in [0.25, 0.3) is 0 Å². The molecule has 2 rings (SSSR count). The Kier molecular flexibility index (Phi) is 4.00. The summed E-state index contributed by atoms with van der Waals surface area (Å²) in [5, 5.41) is 0. The molecule has 4 nitrogen and oxygen atoms in total. The second kappa shape index (κ2) is 5.69. The van der Waals surface area contributed by atoms with Crippen molar-refractivity contribution in [3.63, 3.8) is 0 Å². The van der Waals surface area contributed by atoms with E-state index in [4.69, 9.17) is 4.74 Å². The summed E-state index contributed by atoms with van der Waals surface area (Å²) in [6.45, 7) is 1.96. The largest absolute Gasteiger partial charge is 0.496 e. The lowest BCUT2D eigenvalue weighted by molar-refractivity contribution is 0.0981. The minimum absolute atomic E-state index is 0.112. The van der Waals surface area contributed by atoms with Gasteiger partial charge in [0.25, 0.3) is 0 Å². The minimum Gasteiger partial charge on any atom is -0.496 e. The van der Waals surface area contributed by atoms with Gasteiger partial charge in [0.1, 0.15) is 11.6 Å². The molecule has 0 aliphatic carbocycles. The van der Waals surface area contributed by atoms with Crippen molar-refractivity contribution < 1.29 is 9.53 Å². The summed E-state index contributed by atoms with van der Waals surface area (Å²) in [5.74, 6) is 1.79. The van der Waals surface area contributed by atoms with Crippen LogP contribution < -0.4 is 4.74 Å². The molecule has 0 saturated heterocycles. The number of carbonyl (C=O) groups is 1. The molecular formula is C15H18N2O2. The number of aryl methyl sites for hydroxylation is 3. The standard InChI is InChI=1S/C15H18N2O2/c1-11-4-5-12(10-14(11)19-3)13(18)6-7-15-16-8-9-17(15)2/h4-5,8-10H,6-7H2,1-3H3. The van der Waals surface area contributed by atoms with Crippen LogP contribution in [0.3, 0.4) is 0 Å². The Morgan fingerprint density at radius 1 is 1.42 bits per heavy atom. The second-order valence-electron chi connectivity index (χ2n) is 4.56. The maximum absolute atomic E-state index is 12.1. The van der Waals surface area contributed by atoms with Crippen LogP contribution in [0.2, 0.25) is 0 Å². The molecule has 0 aliphatic heterocycles. The van der Waals surface area contributed by atoms with E-state index in [0.29, 0.717) is 18.4 Å².